The van der Waals surface area contributed by atoms with Crippen LogP contribution in [0.4, 0.5) is 0 Å². The summed E-state index contributed by atoms with van der Waals surface area (Å²) in [6.07, 6.45) is 4.46. The van der Waals surface area contributed by atoms with Crippen molar-refractivity contribution in [2.24, 2.45) is 0 Å². The minimum Gasteiger partial charge on any atom is -0.302 e. The molecule has 0 spiro atoms. The average molecular weight is 328 g/mol. The van der Waals surface area contributed by atoms with Gasteiger partial charge in [0.15, 0.2) is 0 Å². The molecule has 0 aromatic rings. The molecule has 3 N–H and O–H groups in total. The number of allylic oxidation sites excluding steroid dienone is 3. The molecule has 20 heavy (non-hydrogen) atoms. The van der Waals surface area contributed by atoms with Crippen molar-refractivity contribution in [3.8, 4) is 0 Å². The van der Waals surface area contributed by atoms with Gasteiger partial charge < -0.3 is 14.7 Å². The monoisotopic (exact) mass is 328 g/mol. The van der Waals surface area contributed by atoms with Gasteiger partial charge in [0.1, 0.15) is 0 Å². The predicted octanol–water partition coefficient (Wildman–Crippen LogP) is 3.29. The largest absolute Gasteiger partial charge is 0.481 e. The molecule has 0 aliphatic heterocycles. The highest BCUT2D eigenvalue weighted by molar-refractivity contribution is 7.60. The fourth-order valence-electron chi connectivity index (χ4n) is 1.47. The average Bonchev–Trinajstić information content (AvgIpc) is 2.10. The van der Waals surface area contributed by atoms with Crippen LogP contribution in [-0.4, -0.2) is 20.8 Å². The van der Waals surface area contributed by atoms with Gasteiger partial charge in [-0.15, -0.1) is 0 Å². The van der Waals surface area contributed by atoms with E-state index >= 15 is 0 Å². The van der Waals surface area contributed by atoms with E-state index < -0.39 is 21.7 Å². The lowest BCUT2D eigenvalue weighted by atomic mass is 10.1. The third-order valence-corrected chi connectivity index (χ3v) is 4.39. The van der Waals surface area contributed by atoms with Crippen LogP contribution < -0.4 is 0 Å². The Balaban J connectivity index is 4.46. The molecule has 2 unspecified atom stereocenters. The Morgan fingerprint density at radius 3 is 2.20 bits per heavy atom. The molecular formula is C11H22O7P2. The van der Waals surface area contributed by atoms with Gasteiger partial charge in [0.05, 0.1) is 6.10 Å². The van der Waals surface area contributed by atoms with Gasteiger partial charge in [-0.05, 0) is 40.5 Å². The fraction of sp³-hybridized carbons (Fsp3) is 0.636. The quantitative estimate of drug-likeness (QED) is 0.463. The van der Waals surface area contributed by atoms with Gasteiger partial charge in [0, 0.05) is 0 Å². The Morgan fingerprint density at radius 1 is 1.20 bits per heavy atom. The van der Waals surface area contributed by atoms with E-state index in [1.807, 2.05) is 20.8 Å². The van der Waals surface area contributed by atoms with E-state index in [0.717, 1.165) is 18.4 Å². The zero-order chi connectivity index (χ0) is 16.0. The molecule has 0 saturated heterocycles. The van der Waals surface area contributed by atoms with Crippen molar-refractivity contribution >= 4 is 15.6 Å². The van der Waals surface area contributed by atoms with Gasteiger partial charge in [0.2, 0.25) is 0 Å². The third-order valence-electron chi connectivity index (χ3n) is 2.12. The summed E-state index contributed by atoms with van der Waals surface area (Å²) in [7, 11) is -9.86. The van der Waals surface area contributed by atoms with Gasteiger partial charge >= 0.3 is 15.6 Å². The van der Waals surface area contributed by atoms with E-state index in [9.17, 15) is 9.13 Å². The molecule has 0 aliphatic carbocycles. The number of phosphoric acid groups is 2. The van der Waals surface area contributed by atoms with Gasteiger partial charge in [-0.25, -0.2) is 9.13 Å². The molecule has 0 fully saturated rings. The van der Waals surface area contributed by atoms with Crippen LogP contribution in [0.3, 0.4) is 0 Å². The molecule has 7 nitrogen and oxygen atoms in total. The van der Waals surface area contributed by atoms with Crippen LogP contribution in [-0.2, 0) is 18.0 Å². The van der Waals surface area contributed by atoms with Crippen molar-refractivity contribution in [1.82, 2.24) is 0 Å². The molecule has 0 saturated carbocycles. The molecule has 0 radical (unpaired) electrons. The Hall–Kier alpha value is -0.260. The second-order valence-electron chi connectivity index (χ2n) is 4.68. The number of phosphoric ester groups is 1. The summed E-state index contributed by atoms with van der Waals surface area (Å²) in [6.45, 7) is 7.31. The highest BCUT2D eigenvalue weighted by Gasteiger charge is 2.33. The van der Waals surface area contributed by atoms with E-state index in [-0.39, 0.29) is 0 Å². The smallest absolute Gasteiger partial charge is 0.302 e. The van der Waals surface area contributed by atoms with Crippen LogP contribution in [0.15, 0.2) is 23.3 Å². The lowest BCUT2D eigenvalue weighted by molar-refractivity contribution is 0.158. The lowest BCUT2D eigenvalue weighted by Gasteiger charge is -2.15. The maximum atomic E-state index is 11.3. The van der Waals surface area contributed by atoms with Crippen LogP contribution in [0, 0.1) is 0 Å². The zero-order valence-corrected chi connectivity index (χ0v) is 13.8. The first kappa shape index (κ1) is 19.7. The van der Waals surface area contributed by atoms with Gasteiger partial charge in [0.25, 0.3) is 0 Å². The van der Waals surface area contributed by atoms with Gasteiger partial charge in [-0.3, -0.25) is 4.52 Å². The topological polar surface area (TPSA) is 113 Å². The van der Waals surface area contributed by atoms with Gasteiger partial charge in [-0.2, -0.15) is 4.31 Å². The molecular weight excluding hydrogens is 306 g/mol. The third kappa shape index (κ3) is 11.6. The van der Waals surface area contributed by atoms with E-state index in [1.54, 1.807) is 6.08 Å². The Kier molecular flexibility index (Phi) is 8.14. The number of rotatable bonds is 8. The Morgan fingerprint density at radius 2 is 1.75 bits per heavy atom. The molecule has 0 amide bonds. The standard InChI is InChI=1S/C11H22O7P2/c1-9(2)6-5-7-10(3)8-11(4)17-20(15,16)18-19(12,13)14/h6,8,11H,5,7H2,1-4H3,(H,15,16)(H2,12,13,14)/b10-8+. The van der Waals surface area contributed by atoms with E-state index in [1.165, 1.54) is 12.5 Å². The number of hydrogen-bond acceptors (Lipinski definition) is 4. The minimum atomic E-state index is -5.07. The molecule has 0 heterocycles. The lowest BCUT2D eigenvalue weighted by Crippen LogP contribution is -2.05. The highest BCUT2D eigenvalue weighted by atomic mass is 31.3. The molecule has 0 bridgehead atoms. The molecule has 0 rings (SSSR count). The Bertz CT molecular complexity index is 459. The van der Waals surface area contributed by atoms with Crippen molar-refractivity contribution in [2.45, 2.75) is 46.6 Å². The van der Waals surface area contributed by atoms with Crippen molar-refractivity contribution in [1.29, 1.82) is 0 Å². The number of hydrogen-bond donors (Lipinski definition) is 3. The predicted molar refractivity (Wildman–Crippen MR) is 75.9 cm³/mol. The molecule has 0 aliphatic rings. The molecule has 2 atom stereocenters. The first-order chi connectivity index (χ1) is 8.91. The zero-order valence-electron chi connectivity index (χ0n) is 12.0. The summed E-state index contributed by atoms with van der Waals surface area (Å²) in [5.41, 5.74) is 2.14. The summed E-state index contributed by atoms with van der Waals surface area (Å²) < 4.78 is 30.1. The Labute approximate surface area is 119 Å². The highest BCUT2D eigenvalue weighted by Crippen LogP contribution is 2.58. The summed E-state index contributed by atoms with van der Waals surface area (Å²) in [5.74, 6) is 0. The van der Waals surface area contributed by atoms with Crippen LogP contribution in [0.2, 0.25) is 0 Å². The van der Waals surface area contributed by atoms with E-state index in [2.05, 4.69) is 14.9 Å². The summed E-state index contributed by atoms with van der Waals surface area (Å²) in [4.78, 5) is 26.1. The van der Waals surface area contributed by atoms with Crippen molar-refractivity contribution in [3.63, 3.8) is 0 Å². The summed E-state index contributed by atoms with van der Waals surface area (Å²) in [6, 6.07) is 0. The van der Waals surface area contributed by atoms with Crippen LogP contribution in [0.5, 0.6) is 0 Å². The van der Waals surface area contributed by atoms with Crippen molar-refractivity contribution < 1.29 is 32.6 Å². The second-order valence-corrected chi connectivity index (χ2v) is 7.47. The van der Waals surface area contributed by atoms with Crippen LogP contribution >= 0.6 is 15.6 Å². The first-order valence-corrected chi connectivity index (χ1v) is 9.02. The SMILES string of the molecule is CC(C)=CCC/C(C)=C/C(C)OP(=O)(O)OP(=O)(O)O. The first-order valence-electron chi connectivity index (χ1n) is 6.00. The van der Waals surface area contributed by atoms with Crippen molar-refractivity contribution in [2.75, 3.05) is 0 Å². The normalized spacial score (nSPS) is 17.4. The van der Waals surface area contributed by atoms with Crippen LogP contribution in [0.25, 0.3) is 0 Å². The van der Waals surface area contributed by atoms with E-state index in [0.29, 0.717) is 0 Å². The fourth-order valence-corrected chi connectivity index (χ4v) is 3.18. The molecule has 0 aromatic heterocycles. The van der Waals surface area contributed by atoms with E-state index in [4.69, 9.17) is 14.7 Å². The molecule has 9 heteroatoms. The maximum Gasteiger partial charge on any atom is 0.481 e. The van der Waals surface area contributed by atoms with Gasteiger partial charge in [-0.1, -0.05) is 23.3 Å². The second kappa shape index (κ2) is 8.25. The molecule has 118 valence electrons. The summed E-state index contributed by atoms with van der Waals surface area (Å²) >= 11 is 0. The minimum absolute atomic E-state index is 0.758. The van der Waals surface area contributed by atoms with Crippen molar-refractivity contribution in [3.05, 3.63) is 23.3 Å². The maximum absolute atomic E-state index is 11.3. The van der Waals surface area contributed by atoms with Crippen LogP contribution in [0.1, 0.15) is 40.5 Å². The summed E-state index contributed by atoms with van der Waals surface area (Å²) in [5, 5.41) is 0. The molecule has 0 aromatic carbocycles.